The summed E-state index contributed by atoms with van der Waals surface area (Å²) in [5.74, 6) is -3.29. The lowest BCUT2D eigenvalue weighted by Gasteiger charge is -2.25. The molecule has 0 bridgehead atoms. The van der Waals surface area contributed by atoms with E-state index in [1.807, 2.05) is 0 Å². The van der Waals surface area contributed by atoms with Gasteiger partial charge in [-0.1, -0.05) is 0 Å². The van der Waals surface area contributed by atoms with Crippen LogP contribution in [0.25, 0.3) is 0 Å². The Hall–Kier alpha value is -1.15. The van der Waals surface area contributed by atoms with Gasteiger partial charge in [0.25, 0.3) is 11.5 Å². The van der Waals surface area contributed by atoms with Gasteiger partial charge in [-0.25, -0.2) is 0 Å². The number of rotatable bonds is 4. The zero-order chi connectivity index (χ0) is 18.6. The van der Waals surface area contributed by atoms with Crippen molar-refractivity contribution >= 4 is 24.1 Å². The predicted octanol–water partition coefficient (Wildman–Crippen LogP) is -1.03. The molecule has 0 saturated carbocycles. The number of carbonyl (C=O) groups excluding carboxylic acids is 2. The van der Waals surface area contributed by atoms with E-state index in [9.17, 15) is 35.9 Å². The largest absolute Gasteiger partial charge is 0.427 e. The normalized spacial score (nSPS) is 16.8. The van der Waals surface area contributed by atoms with Crippen molar-refractivity contribution in [3.05, 3.63) is 0 Å². The Labute approximate surface area is 132 Å². The summed E-state index contributed by atoms with van der Waals surface area (Å²) in [5, 5.41) is 17.1. The highest BCUT2D eigenvalue weighted by molar-refractivity contribution is 5.86. The maximum absolute atomic E-state index is 11.8. The SMILES string of the molecule is CC(=O)[C@@](O)(CN)C(F)(F)F.Cl.NC[C@](O)(C(N)=O)C(F)(F)F. The topological polar surface area (TPSA) is 153 Å². The molecule has 23 heavy (non-hydrogen) atoms. The molecule has 0 unspecified atom stereocenters. The van der Waals surface area contributed by atoms with Crippen LogP contribution in [0.4, 0.5) is 26.3 Å². The molecule has 0 heterocycles. The summed E-state index contributed by atoms with van der Waals surface area (Å²) in [4.78, 5) is 20.4. The molecule has 1 amide bonds. The second-order valence-corrected chi connectivity index (χ2v) is 4.04. The van der Waals surface area contributed by atoms with E-state index >= 15 is 0 Å². The number of amides is 1. The highest BCUT2D eigenvalue weighted by Crippen LogP contribution is 2.30. The Balaban J connectivity index is -0.000000333. The monoisotopic (exact) mass is 379 g/mol. The molecule has 0 aliphatic heterocycles. The first kappa shape index (κ1) is 26.7. The van der Waals surface area contributed by atoms with Gasteiger partial charge < -0.3 is 27.4 Å². The molecule has 0 radical (unpaired) electrons. The number of alkyl halides is 6. The molecule has 0 saturated heterocycles. The van der Waals surface area contributed by atoms with Crippen LogP contribution in [-0.2, 0) is 9.59 Å². The second kappa shape index (κ2) is 8.63. The lowest BCUT2D eigenvalue weighted by Crippen LogP contribution is -2.60. The fourth-order valence-electron chi connectivity index (χ4n) is 0.815. The van der Waals surface area contributed by atoms with Crippen LogP contribution in [0.15, 0.2) is 0 Å². The summed E-state index contributed by atoms with van der Waals surface area (Å²) < 4.78 is 70.6. The Morgan fingerprint density at radius 1 is 0.870 bits per heavy atom. The van der Waals surface area contributed by atoms with Crippen LogP contribution in [0.2, 0.25) is 0 Å². The first-order chi connectivity index (χ1) is 9.51. The van der Waals surface area contributed by atoms with E-state index in [1.165, 1.54) is 0 Å². The standard InChI is InChI=1S/C5H8F3NO2.C4H7F3N2O2.ClH/c1-3(10)4(11,2-9)5(6,7)8;5-4(6,7)3(11,1-8)2(9)10;/h11H,2,9H2,1H3;11H,1,8H2,(H2,9,10);1H/t4-;3-;/m00./s1. The van der Waals surface area contributed by atoms with E-state index in [-0.39, 0.29) is 12.4 Å². The molecule has 0 rings (SSSR count). The molecule has 0 aromatic rings. The molecule has 8 N–H and O–H groups in total. The molecular weight excluding hydrogens is 364 g/mol. The first-order valence-corrected chi connectivity index (χ1v) is 5.30. The van der Waals surface area contributed by atoms with Crippen LogP contribution < -0.4 is 17.2 Å². The lowest BCUT2D eigenvalue weighted by molar-refractivity contribution is -0.246. The fraction of sp³-hybridized carbons (Fsp3) is 0.778. The molecular formula is C9H16ClF6N3O4. The maximum atomic E-state index is 11.8. The van der Waals surface area contributed by atoms with Crippen molar-refractivity contribution in [3.8, 4) is 0 Å². The van der Waals surface area contributed by atoms with Crippen molar-refractivity contribution in [3.63, 3.8) is 0 Å². The van der Waals surface area contributed by atoms with E-state index < -0.39 is 48.3 Å². The van der Waals surface area contributed by atoms with E-state index in [0.29, 0.717) is 6.92 Å². The molecule has 0 aliphatic carbocycles. The molecule has 2 atom stereocenters. The van der Waals surface area contributed by atoms with E-state index in [2.05, 4.69) is 17.2 Å². The number of hydrogen-bond acceptors (Lipinski definition) is 6. The minimum absolute atomic E-state index is 0. The molecule has 140 valence electrons. The number of ketones is 1. The number of primary amides is 1. The molecule has 0 aromatic heterocycles. The van der Waals surface area contributed by atoms with Gasteiger partial charge in [0, 0.05) is 13.1 Å². The third-order valence-electron chi connectivity index (χ3n) is 2.52. The summed E-state index contributed by atoms with van der Waals surface area (Å²) >= 11 is 0. The number of halogens is 7. The average Bonchev–Trinajstić information content (AvgIpc) is 2.34. The van der Waals surface area contributed by atoms with Gasteiger partial charge in [-0.15, -0.1) is 12.4 Å². The second-order valence-electron chi connectivity index (χ2n) is 4.04. The molecule has 14 heteroatoms. The summed E-state index contributed by atoms with van der Waals surface area (Å²) in [6.45, 7) is -1.78. The Morgan fingerprint density at radius 3 is 1.13 bits per heavy atom. The zero-order valence-electron chi connectivity index (χ0n) is 11.5. The van der Waals surface area contributed by atoms with Gasteiger partial charge in [-0.2, -0.15) is 26.3 Å². The fourth-order valence-corrected chi connectivity index (χ4v) is 0.815. The summed E-state index contributed by atoms with van der Waals surface area (Å²) in [5.41, 5.74) is 6.42. The van der Waals surface area contributed by atoms with Gasteiger partial charge in [-0.05, 0) is 6.92 Å². The highest BCUT2D eigenvalue weighted by Gasteiger charge is 2.58. The Morgan fingerprint density at radius 2 is 1.13 bits per heavy atom. The van der Waals surface area contributed by atoms with Gasteiger partial charge in [-0.3, -0.25) is 9.59 Å². The smallest absolute Gasteiger partial charge is 0.373 e. The van der Waals surface area contributed by atoms with Gasteiger partial charge in [0.15, 0.2) is 5.78 Å². The molecule has 7 nitrogen and oxygen atoms in total. The minimum atomic E-state index is -5.12. The number of hydrogen-bond donors (Lipinski definition) is 5. The summed E-state index contributed by atoms with van der Waals surface area (Å²) in [7, 11) is 0. The van der Waals surface area contributed by atoms with Crippen LogP contribution in [0.5, 0.6) is 0 Å². The van der Waals surface area contributed by atoms with Gasteiger partial charge in [0.2, 0.25) is 5.60 Å². The third-order valence-corrected chi connectivity index (χ3v) is 2.52. The molecule has 0 fully saturated rings. The minimum Gasteiger partial charge on any atom is -0.373 e. The molecule has 0 aliphatic rings. The molecule has 0 spiro atoms. The number of carbonyl (C=O) groups is 2. The first-order valence-electron chi connectivity index (χ1n) is 5.30. The number of Topliss-reactive ketones (excluding diaryl/α,β-unsaturated/α-hetero) is 1. The Kier molecular flexibility index (Phi) is 10.0. The van der Waals surface area contributed by atoms with Gasteiger partial charge in [0.1, 0.15) is 0 Å². The van der Waals surface area contributed by atoms with Crippen molar-refractivity contribution in [1.82, 2.24) is 0 Å². The van der Waals surface area contributed by atoms with Crippen molar-refractivity contribution in [2.75, 3.05) is 13.1 Å². The predicted molar refractivity (Wildman–Crippen MR) is 67.2 cm³/mol. The van der Waals surface area contributed by atoms with Crippen molar-refractivity contribution in [2.24, 2.45) is 17.2 Å². The maximum Gasteiger partial charge on any atom is 0.427 e. The van der Waals surface area contributed by atoms with Crippen LogP contribution in [0, 0.1) is 0 Å². The van der Waals surface area contributed by atoms with E-state index in [0.717, 1.165) is 0 Å². The number of aliphatic hydroxyl groups is 2. The molecule has 0 aromatic carbocycles. The van der Waals surface area contributed by atoms with Crippen LogP contribution in [0.1, 0.15) is 6.92 Å². The summed E-state index contributed by atoms with van der Waals surface area (Å²) in [6, 6.07) is 0. The van der Waals surface area contributed by atoms with E-state index in [4.69, 9.17) is 10.2 Å². The van der Waals surface area contributed by atoms with Crippen LogP contribution >= 0.6 is 12.4 Å². The lowest BCUT2D eigenvalue weighted by atomic mass is 9.99. The van der Waals surface area contributed by atoms with Crippen LogP contribution in [-0.4, -0.2) is 58.5 Å². The Bertz CT molecular complexity index is 381. The van der Waals surface area contributed by atoms with E-state index in [1.54, 1.807) is 0 Å². The number of nitrogens with two attached hydrogens (primary N) is 3. The van der Waals surface area contributed by atoms with Crippen LogP contribution in [0.3, 0.4) is 0 Å². The van der Waals surface area contributed by atoms with Crippen molar-refractivity contribution in [2.45, 2.75) is 30.5 Å². The van der Waals surface area contributed by atoms with Crippen molar-refractivity contribution in [1.29, 1.82) is 0 Å². The highest BCUT2D eigenvalue weighted by atomic mass is 35.5. The average molecular weight is 380 g/mol. The third kappa shape index (κ3) is 6.10. The zero-order valence-corrected chi connectivity index (χ0v) is 12.3. The van der Waals surface area contributed by atoms with Crippen molar-refractivity contribution < 1.29 is 46.1 Å². The summed E-state index contributed by atoms with van der Waals surface area (Å²) in [6.07, 6.45) is -10.1. The quantitative estimate of drug-likeness (QED) is 0.394. The van der Waals surface area contributed by atoms with Gasteiger partial charge >= 0.3 is 12.4 Å². The van der Waals surface area contributed by atoms with Gasteiger partial charge in [0.05, 0.1) is 0 Å².